The summed E-state index contributed by atoms with van der Waals surface area (Å²) in [5.41, 5.74) is 3.01. The third-order valence-electron chi connectivity index (χ3n) is 7.37. The van der Waals surface area contributed by atoms with E-state index in [-0.39, 0.29) is 11.7 Å². The van der Waals surface area contributed by atoms with E-state index in [4.69, 9.17) is 8.85 Å². The van der Waals surface area contributed by atoms with Gasteiger partial charge in [-0.25, -0.2) is 4.79 Å². The molecular weight excluding hydrogens is 444 g/mol. The van der Waals surface area contributed by atoms with Gasteiger partial charge in [-0.1, -0.05) is 89.2 Å². The van der Waals surface area contributed by atoms with Gasteiger partial charge in [0.05, 0.1) is 0 Å². The van der Waals surface area contributed by atoms with Crippen molar-refractivity contribution in [1.29, 1.82) is 0 Å². The highest BCUT2D eigenvalue weighted by atomic mass is 28.4. The summed E-state index contributed by atoms with van der Waals surface area (Å²) in [7, 11) is -4.49. The van der Waals surface area contributed by atoms with E-state index in [0.29, 0.717) is 39.0 Å². The van der Waals surface area contributed by atoms with Crippen molar-refractivity contribution in [3.8, 4) is 11.5 Å². The Morgan fingerprint density at radius 1 is 0.758 bits per heavy atom. The van der Waals surface area contributed by atoms with Crippen LogP contribution in [0.15, 0.2) is 24.3 Å². The molecule has 0 fully saturated rings. The van der Waals surface area contributed by atoms with Crippen LogP contribution >= 0.6 is 0 Å². The summed E-state index contributed by atoms with van der Waals surface area (Å²) in [5.74, 6) is 0.353. The first-order chi connectivity index (χ1) is 15.1. The van der Waals surface area contributed by atoms with Crippen LogP contribution in [-0.4, -0.2) is 27.7 Å². The van der Waals surface area contributed by atoms with Crippen LogP contribution < -0.4 is 4.43 Å². The minimum Gasteiger partial charge on any atom is -0.540 e. The molecule has 0 aliphatic heterocycles. The van der Waals surface area contributed by atoms with E-state index in [2.05, 4.69) is 83.1 Å². The van der Waals surface area contributed by atoms with Gasteiger partial charge in [0.2, 0.25) is 0 Å². The van der Waals surface area contributed by atoms with Crippen molar-refractivity contribution in [3.05, 3.63) is 29.8 Å². The van der Waals surface area contributed by atoms with Crippen molar-refractivity contribution in [1.82, 2.24) is 0 Å². The molecule has 1 rings (SSSR count). The van der Waals surface area contributed by atoms with E-state index < -0.39 is 16.6 Å². The SMILES string of the molecule is CC(C)[Si](OC(=O)/C=C/c1ccc(O)c(O[Si](C(C)C)(C(C)C)C(C)C)c1)(C(C)C)C(C)C. The van der Waals surface area contributed by atoms with E-state index in [0.717, 1.165) is 5.56 Å². The summed E-state index contributed by atoms with van der Waals surface area (Å²) in [6, 6.07) is 5.29. The van der Waals surface area contributed by atoms with Crippen LogP contribution in [0.4, 0.5) is 0 Å². The molecule has 0 aliphatic carbocycles. The Balaban J connectivity index is 3.24. The van der Waals surface area contributed by atoms with Gasteiger partial charge in [0.1, 0.15) is 5.75 Å². The Hall–Kier alpha value is -1.54. The number of hydrogen-bond acceptors (Lipinski definition) is 4. The monoisotopic (exact) mass is 492 g/mol. The first-order valence-electron chi connectivity index (χ1n) is 12.6. The van der Waals surface area contributed by atoms with E-state index in [1.807, 2.05) is 6.07 Å². The number of rotatable bonds is 11. The number of phenols is 1. The zero-order valence-corrected chi connectivity index (χ0v) is 25.0. The Bertz CT molecular complexity index is 767. The molecule has 0 amide bonds. The molecule has 6 heteroatoms. The number of carbonyl (C=O) groups excluding carboxylic acids is 1. The largest absolute Gasteiger partial charge is 0.540 e. The average molecular weight is 493 g/mol. The lowest BCUT2D eigenvalue weighted by atomic mass is 10.2. The summed E-state index contributed by atoms with van der Waals surface area (Å²) < 4.78 is 12.9. The van der Waals surface area contributed by atoms with E-state index in [9.17, 15) is 9.90 Å². The Morgan fingerprint density at radius 2 is 1.18 bits per heavy atom. The lowest BCUT2D eigenvalue weighted by molar-refractivity contribution is -0.130. The predicted molar refractivity (Wildman–Crippen MR) is 146 cm³/mol. The number of hydrogen-bond donors (Lipinski definition) is 1. The maximum atomic E-state index is 12.8. The number of aromatic hydroxyl groups is 1. The smallest absolute Gasteiger partial charge is 0.317 e. The molecule has 1 aromatic carbocycles. The number of phenolic OH excluding ortho intramolecular Hbond substituents is 1. The third kappa shape index (κ3) is 6.33. The third-order valence-corrected chi connectivity index (χ3v) is 19.3. The zero-order valence-electron chi connectivity index (χ0n) is 23.0. The first-order valence-corrected chi connectivity index (χ1v) is 16.8. The fraction of sp³-hybridized carbons (Fsp3) is 0.667. The summed E-state index contributed by atoms with van der Waals surface area (Å²) >= 11 is 0. The molecule has 4 nitrogen and oxygen atoms in total. The van der Waals surface area contributed by atoms with Gasteiger partial charge < -0.3 is 14.0 Å². The van der Waals surface area contributed by atoms with Crippen LogP contribution in [0.2, 0.25) is 33.2 Å². The normalized spacial score (nSPS) is 13.4. The van der Waals surface area contributed by atoms with Gasteiger partial charge in [-0.05, 0) is 57.0 Å². The molecule has 0 aliphatic rings. The zero-order chi connectivity index (χ0) is 25.7. The molecule has 0 saturated carbocycles. The molecule has 0 atom stereocenters. The van der Waals surface area contributed by atoms with Crippen molar-refractivity contribution in [2.45, 2.75) is 116 Å². The van der Waals surface area contributed by atoms with E-state index in [1.54, 1.807) is 18.2 Å². The van der Waals surface area contributed by atoms with Gasteiger partial charge in [-0.15, -0.1) is 0 Å². The minimum atomic E-state index is -2.28. The summed E-state index contributed by atoms with van der Waals surface area (Å²) in [6.45, 7) is 26.3. The lowest BCUT2D eigenvalue weighted by Gasteiger charge is -2.42. The highest BCUT2D eigenvalue weighted by Crippen LogP contribution is 2.45. The second kappa shape index (κ2) is 11.7. The fourth-order valence-corrected chi connectivity index (χ4v) is 16.4. The molecule has 0 unspecified atom stereocenters. The molecule has 0 saturated heterocycles. The van der Waals surface area contributed by atoms with Gasteiger partial charge in [0.15, 0.2) is 5.75 Å². The molecule has 0 aromatic heterocycles. The van der Waals surface area contributed by atoms with Crippen molar-refractivity contribution >= 4 is 28.7 Å². The molecule has 0 radical (unpaired) electrons. The number of carbonyl (C=O) groups is 1. The van der Waals surface area contributed by atoms with Crippen molar-refractivity contribution in [2.24, 2.45) is 0 Å². The first kappa shape index (κ1) is 29.5. The van der Waals surface area contributed by atoms with Crippen LogP contribution in [0.5, 0.6) is 11.5 Å². The Morgan fingerprint density at radius 3 is 1.58 bits per heavy atom. The van der Waals surface area contributed by atoms with Crippen LogP contribution in [-0.2, 0) is 9.22 Å². The van der Waals surface area contributed by atoms with E-state index >= 15 is 0 Å². The molecule has 1 aromatic rings. The highest BCUT2D eigenvalue weighted by molar-refractivity contribution is 6.79. The second-order valence-corrected chi connectivity index (χ2v) is 22.0. The van der Waals surface area contributed by atoms with Gasteiger partial charge in [-0.2, -0.15) is 0 Å². The molecule has 1 N–H and O–H groups in total. The van der Waals surface area contributed by atoms with Crippen molar-refractivity contribution in [3.63, 3.8) is 0 Å². The van der Waals surface area contributed by atoms with Crippen LogP contribution in [0.1, 0.15) is 88.6 Å². The predicted octanol–water partition coefficient (Wildman–Crippen LogP) is 8.68. The van der Waals surface area contributed by atoms with Crippen LogP contribution in [0.25, 0.3) is 6.08 Å². The Kier molecular flexibility index (Phi) is 10.5. The summed E-state index contributed by atoms with van der Waals surface area (Å²) in [4.78, 5) is 12.8. The fourth-order valence-electron chi connectivity index (χ4n) is 5.99. The summed E-state index contributed by atoms with van der Waals surface area (Å²) in [5, 5.41) is 10.5. The van der Waals surface area contributed by atoms with Gasteiger partial charge in [0.25, 0.3) is 16.6 Å². The Labute approximate surface area is 205 Å². The van der Waals surface area contributed by atoms with Gasteiger partial charge >= 0.3 is 5.97 Å². The molecule has 0 spiro atoms. The minimum absolute atomic E-state index is 0.138. The lowest BCUT2D eigenvalue weighted by Crippen LogP contribution is -2.50. The highest BCUT2D eigenvalue weighted by Gasteiger charge is 2.48. The summed E-state index contributed by atoms with van der Waals surface area (Å²) in [6.07, 6.45) is 3.28. The van der Waals surface area contributed by atoms with Crippen molar-refractivity contribution in [2.75, 3.05) is 0 Å². The van der Waals surface area contributed by atoms with Crippen molar-refractivity contribution < 1.29 is 18.8 Å². The van der Waals surface area contributed by atoms with Gasteiger partial charge in [0, 0.05) is 6.08 Å². The quantitative estimate of drug-likeness (QED) is 0.248. The molecule has 188 valence electrons. The van der Waals surface area contributed by atoms with Crippen LogP contribution in [0, 0.1) is 0 Å². The molecule has 33 heavy (non-hydrogen) atoms. The standard InChI is InChI=1S/C27H48O4Si2/c1-18(2)32(19(3)4,20(5)6)30-26-17-24(13-15-25(26)28)14-16-27(29)31-33(21(7)8,22(9)10)23(11)12/h13-23,28H,1-12H3/b16-14+. The van der Waals surface area contributed by atoms with Gasteiger partial charge in [-0.3, -0.25) is 0 Å². The molecule has 0 bridgehead atoms. The maximum absolute atomic E-state index is 12.8. The topological polar surface area (TPSA) is 55.8 Å². The molecule has 0 heterocycles. The average Bonchev–Trinajstić information content (AvgIpc) is 2.68. The van der Waals surface area contributed by atoms with E-state index in [1.165, 1.54) is 6.08 Å². The maximum Gasteiger partial charge on any atom is 0.317 e. The van der Waals surface area contributed by atoms with Crippen LogP contribution in [0.3, 0.4) is 0 Å². The molecular formula is C27H48O4Si2. The second-order valence-electron chi connectivity index (χ2n) is 11.2. The number of benzene rings is 1.